The van der Waals surface area contributed by atoms with E-state index in [1.54, 1.807) is 6.92 Å². The molecule has 2 heterocycles. The van der Waals surface area contributed by atoms with Gasteiger partial charge in [0, 0.05) is 49.8 Å². The molecule has 1 fully saturated rings. The Hall–Kier alpha value is -1.04. The van der Waals surface area contributed by atoms with E-state index in [-0.39, 0.29) is 11.9 Å². The van der Waals surface area contributed by atoms with Crippen LogP contribution in [0.3, 0.4) is 0 Å². The number of amides is 1. The Balaban J connectivity index is 1.73. The molecule has 0 spiro atoms. The van der Waals surface area contributed by atoms with Crippen LogP contribution in [0.1, 0.15) is 31.1 Å². The van der Waals surface area contributed by atoms with E-state index >= 15 is 0 Å². The van der Waals surface area contributed by atoms with Crippen LogP contribution in [0.5, 0.6) is 0 Å². The average Bonchev–Trinajstić information content (AvgIpc) is 2.83. The van der Waals surface area contributed by atoms with Crippen LogP contribution >= 0.6 is 11.8 Å². The van der Waals surface area contributed by atoms with Gasteiger partial charge in [-0.3, -0.25) is 9.69 Å². The van der Waals surface area contributed by atoms with Gasteiger partial charge in [-0.15, -0.1) is 0 Å². The molecule has 120 valence electrons. The predicted octanol–water partition coefficient (Wildman–Crippen LogP) is 2.07. The first-order chi connectivity index (χ1) is 10.6. The molecule has 1 N–H and O–H groups in total. The van der Waals surface area contributed by atoms with Crippen LogP contribution in [-0.2, 0) is 11.2 Å². The van der Waals surface area contributed by atoms with Gasteiger partial charge in [0.2, 0.25) is 5.91 Å². The number of β-amino-alcohol motifs (C(OH)–C–C–N with tert-alkyl or cyclic N) is 1. The Morgan fingerprint density at radius 2 is 2.14 bits per heavy atom. The normalized spacial score (nSPS) is 23.4. The monoisotopic (exact) mass is 320 g/mol. The summed E-state index contributed by atoms with van der Waals surface area (Å²) in [5, 5.41) is 10.5. The summed E-state index contributed by atoms with van der Waals surface area (Å²) in [6, 6.07) is 6.25. The van der Waals surface area contributed by atoms with Gasteiger partial charge in [-0.1, -0.05) is 12.1 Å². The smallest absolute Gasteiger partial charge is 0.224 e. The van der Waals surface area contributed by atoms with Crippen LogP contribution in [0, 0.1) is 0 Å². The number of thioether (sulfide) groups is 1. The fourth-order valence-corrected chi connectivity index (χ4v) is 4.45. The minimum Gasteiger partial charge on any atom is -0.387 e. The Morgan fingerprint density at radius 1 is 1.41 bits per heavy atom. The molecular weight excluding hydrogens is 296 g/mol. The third kappa shape index (κ3) is 3.16. The Labute approximate surface area is 136 Å². The van der Waals surface area contributed by atoms with Gasteiger partial charge in [-0.2, -0.15) is 11.8 Å². The van der Waals surface area contributed by atoms with Gasteiger partial charge in [-0.05, 0) is 30.5 Å². The second-order valence-corrected chi connectivity index (χ2v) is 7.48. The summed E-state index contributed by atoms with van der Waals surface area (Å²) in [6.07, 6.45) is 0.422. The lowest BCUT2D eigenvalue weighted by Crippen LogP contribution is -2.35. The molecule has 2 atom stereocenters. The maximum absolute atomic E-state index is 11.8. The topological polar surface area (TPSA) is 43.8 Å². The van der Waals surface area contributed by atoms with Gasteiger partial charge >= 0.3 is 0 Å². The number of aliphatic hydroxyl groups excluding tert-OH is 1. The van der Waals surface area contributed by atoms with E-state index < -0.39 is 6.10 Å². The lowest BCUT2D eigenvalue weighted by Gasteiger charge is -2.28. The van der Waals surface area contributed by atoms with Gasteiger partial charge in [0.25, 0.3) is 0 Å². The highest BCUT2D eigenvalue weighted by molar-refractivity contribution is 7.99. The molecule has 1 saturated heterocycles. The zero-order valence-corrected chi connectivity index (χ0v) is 14.1. The molecule has 1 amide bonds. The van der Waals surface area contributed by atoms with Crippen molar-refractivity contribution in [3.8, 4) is 0 Å². The van der Waals surface area contributed by atoms with Crippen LogP contribution in [-0.4, -0.2) is 53.1 Å². The minimum absolute atomic E-state index is 0.0883. The Morgan fingerprint density at radius 3 is 2.82 bits per heavy atom. The standard InChI is InChI=1S/C17H24N2O2S/c1-12-9-15-10-14(3-4-16(15)19(12)13(2)20)17(21)11-18-5-7-22-8-6-18/h3-4,10,12,17,21H,5-9,11H2,1-2H3. The third-order valence-corrected chi connectivity index (χ3v) is 5.52. The molecule has 0 radical (unpaired) electrons. The van der Waals surface area contributed by atoms with Gasteiger partial charge in [0.05, 0.1) is 6.10 Å². The molecule has 0 aliphatic carbocycles. The van der Waals surface area contributed by atoms with Gasteiger partial charge < -0.3 is 10.0 Å². The van der Waals surface area contributed by atoms with Crippen molar-refractivity contribution in [1.82, 2.24) is 4.90 Å². The first-order valence-corrected chi connectivity index (χ1v) is 9.12. The molecule has 1 aromatic rings. The van der Waals surface area contributed by atoms with E-state index in [0.29, 0.717) is 6.54 Å². The molecule has 0 saturated carbocycles. The quantitative estimate of drug-likeness (QED) is 0.926. The number of anilines is 1. The molecule has 3 rings (SSSR count). The maximum atomic E-state index is 11.8. The Bertz CT molecular complexity index is 558. The fraction of sp³-hybridized carbons (Fsp3) is 0.588. The minimum atomic E-state index is -0.449. The van der Waals surface area contributed by atoms with Crippen molar-refractivity contribution in [2.75, 3.05) is 36.0 Å². The second-order valence-electron chi connectivity index (χ2n) is 6.26. The summed E-state index contributed by atoms with van der Waals surface area (Å²) in [5.74, 6) is 2.40. The van der Waals surface area contributed by atoms with Gasteiger partial charge in [0.15, 0.2) is 0 Å². The summed E-state index contributed by atoms with van der Waals surface area (Å²) in [7, 11) is 0. The van der Waals surface area contributed by atoms with Crippen molar-refractivity contribution in [3.63, 3.8) is 0 Å². The largest absolute Gasteiger partial charge is 0.387 e. The number of fused-ring (bicyclic) bond motifs is 1. The highest BCUT2D eigenvalue weighted by Gasteiger charge is 2.29. The van der Waals surface area contributed by atoms with Crippen molar-refractivity contribution in [2.45, 2.75) is 32.4 Å². The summed E-state index contributed by atoms with van der Waals surface area (Å²) in [6.45, 7) is 6.50. The lowest BCUT2D eigenvalue weighted by molar-refractivity contribution is -0.116. The van der Waals surface area contributed by atoms with Crippen molar-refractivity contribution in [1.29, 1.82) is 0 Å². The molecule has 2 aliphatic rings. The number of aliphatic hydroxyl groups is 1. The van der Waals surface area contributed by atoms with E-state index in [9.17, 15) is 9.90 Å². The zero-order valence-electron chi connectivity index (χ0n) is 13.3. The second kappa shape index (κ2) is 6.60. The molecule has 5 heteroatoms. The van der Waals surface area contributed by atoms with Crippen molar-refractivity contribution in [2.24, 2.45) is 0 Å². The van der Waals surface area contributed by atoms with Crippen LogP contribution < -0.4 is 4.90 Å². The van der Waals surface area contributed by atoms with E-state index in [1.165, 1.54) is 5.56 Å². The first-order valence-electron chi connectivity index (χ1n) is 7.97. The summed E-state index contributed by atoms with van der Waals surface area (Å²) in [4.78, 5) is 16.0. The van der Waals surface area contributed by atoms with Crippen molar-refractivity contribution >= 4 is 23.4 Å². The number of benzene rings is 1. The molecule has 2 unspecified atom stereocenters. The summed E-state index contributed by atoms with van der Waals surface area (Å²) in [5.41, 5.74) is 3.15. The van der Waals surface area contributed by atoms with E-state index in [1.807, 2.05) is 28.8 Å². The molecule has 4 nitrogen and oxygen atoms in total. The summed E-state index contributed by atoms with van der Waals surface area (Å²) >= 11 is 1.98. The predicted molar refractivity (Wildman–Crippen MR) is 91.5 cm³/mol. The highest BCUT2D eigenvalue weighted by Crippen LogP contribution is 2.34. The van der Waals surface area contributed by atoms with Crippen LogP contribution in [0.15, 0.2) is 18.2 Å². The molecule has 22 heavy (non-hydrogen) atoms. The number of nitrogens with zero attached hydrogens (tertiary/aromatic N) is 2. The number of carbonyl (C=O) groups excluding carboxylic acids is 1. The average molecular weight is 320 g/mol. The van der Waals surface area contributed by atoms with Gasteiger partial charge in [0.1, 0.15) is 0 Å². The lowest BCUT2D eigenvalue weighted by atomic mass is 10.0. The highest BCUT2D eigenvalue weighted by atomic mass is 32.2. The maximum Gasteiger partial charge on any atom is 0.224 e. The number of rotatable bonds is 3. The van der Waals surface area contributed by atoms with E-state index in [0.717, 1.165) is 42.3 Å². The summed E-state index contributed by atoms with van der Waals surface area (Å²) < 4.78 is 0. The fourth-order valence-electron chi connectivity index (χ4n) is 3.47. The van der Waals surface area contributed by atoms with Crippen molar-refractivity contribution in [3.05, 3.63) is 29.3 Å². The van der Waals surface area contributed by atoms with Crippen LogP contribution in [0.2, 0.25) is 0 Å². The number of hydrogen-bond donors (Lipinski definition) is 1. The third-order valence-electron chi connectivity index (χ3n) is 4.58. The molecule has 0 aromatic heterocycles. The molecule has 1 aromatic carbocycles. The number of carbonyl (C=O) groups is 1. The van der Waals surface area contributed by atoms with Crippen LogP contribution in [0.4, 0.5) is 5.69 Å². The molecule has 2 aliphatic heterocycles. The van der Waals surface area contributed by atoms with E-state index in [4.69, 9.17) is 0 Å². The van der Waals surface area contributed by atoms with E-state index in [2.05, 4.69) is 17.9 Å². The first kappa shape index (κ1) is 15.8. The zero-order chi connectivity index (χ0) is 15.7. The molecule has 0 bridgehead atoms. The van der Waals surface area contributed by atoms with Crippen LogP contribution in [0.25, 0.3) is 0 Å². The van der Waals surface area contributed by atoms with Crippen molar-refractivity contribution < 1.29 is 9.90 Å². The van der Waals surface area contributed by atoms with Gasteiger partial charge in [-0.25, -0.2) is 0 Å². The SMILES string of the molecule is CC(=O)N1c2ccc(C(O)CN3CCSCC3)cc2CC1C. The number of hydrogen-bond acceptors (Lipinski definition) is 4. The Kier molecular flexibility index (Phi) is 4.76. The molecular formula is C17H24N2O2S.